The molecular formula is C14H9Cl2FO2. The van der Waals surface area contributed by atoms with Crippen molar-refractivity contribution < 1.29 is 13.9 Å². The van der Waals surface area contributed by atoms with Crippen LogP contribution in [0.1, 0.15) is 15.9 Å². The van der Waals surface area contributed by atoms with Crippen molar-refractivity contribution >= 4 is 29.0 Å². The largest absolute Gasteiger partial charge is 0.495 e. The van der Waals surface area contributed by atoms with E-state index < -0.39 is 11.6 Å². The second-order valence-electron chi connectivity index (χ2n) is 3.78. The topological polar surface area (TPSA) is 26.3 Å². The Morgan fingerprint density at radius 2 is 1.89 bits per heavy atom. The SMILES string of the molecule is COc1cc(C(=O)c2cccc(Cl)c2F)ccc1Cl. The van der Waals surface area contributed by atoms with Crippen LogP contribution in [0.3, 0.4) is 0 Å². The highest BCUT2D eigenvalue weighted by molar-refractivity contribution is 6.32. The normalized spacial score (nSPS) is 10.3. The quantitative estimate of drug-likeness (QED) is 0.787. The van der Waals surface area contributed by atoms with Crippen LogP contribution in [0.2, 0.25) is 10.0 Å². The maximum atomic E-state index is 13.8. The molecule has 0 aliphatic heterocycles. The monoisotopic (exact) mass is 298 g/mol. The highest BCUT2D eigenvalue weighted by Crippen LogP contribution is 2.27. The van der Waals surface area contributed by atoms with E-state index in [1.807, 2.05) is 0 Å². The fraction of sp³-hybridized carbons (Fsp3) is 0.0714. The lowest BCUT2D eigenvalue weighted by atomic mass is 10.0. The molecule has 0 atom stereocenters. The third-order valence-corrected chi connectivity index (χ3v) is 3.21. The van der Waals surface area contributed by atoms with E-state index in [4.69, 9.17) is 27.9 Å². The zero-order chi connectivity index (χ0) is 14.0. The maximum Gasteiger partial charge on any atom is 0.196 e. The highest BCUT2D eigenvalue weighted by atomic mass is 35.5. The molecule has 0 aliphatic rings. The third kappa shape index (κ3) is 2.72. The Kier molecular flexibility index (Phi) is 4.08. The van der Waals surface area contributed by atoms with E-state index in [1.54, 1.807) is 0 Å². The van der Waals surface area contributed by atoms with Crippen LogP contribution in [0.15, 0.2) is 36.4 Å². The molecule has 2 aromatic carbocycles. The Labute approximate surface area is 119 Å². The number of ether oxygens (including phenoxy) is 1. The zero-order valence-electron chi connectivity index (χ0n) is 9.91. The first kappa shape index (κ1) is 13.8. The molecule has 0 amide bonds. The molecule has 0 aliphatic carbocycles. The smallest absolute Gasteiger partial charge is 0.196 e. The second-order valence-corrected chi connectivity index (χ2v) is 4.59. The average molecular weight is 299 g/mol. The van der Waals surface area contributed by atoms with Crippen molar-refractivity contribution in [2.24, 2.45) is 0 Å². The van der Waals surface area contributed by atoms with Gasteiger partial charge in [0.2, 0.25) is 0 Å². The number of carbonyl (C=O) groups excluding carboxylic acids is 1. The molecule has 2 aromatic rings. The summed E-state index contributed by atoms with van der Waals surface area (Å²) in [5, 5.41) is 0.289. The van der Waals surface area contributed by atoms with Crippen LogP contribution >= 0.6 is 23.2 Å². The molecule has 0 unspecified atom stereocenters. The molecule has 0 aromatic heterocycles. The first-order valence-corrected chi connectivity index (χ1v) is 6.12. The molecule has 0 N–H and O–H groups in total. The number of carbonyl (C=O) groups is 1. The molecule has 0 heterocycles. The van der Waals surface area contributed by atoms with Gasteiger partial charge >= 0.3 is 0 Å². The van der Waals surface area contributed by atoms with E-state index in [0.29, 0.717) is 10.8 Å². The van der Waals surface area contributed by atoms with Gasteiger partial charge in [-0.3, -0.25) is 4.79 Å². The number of methoxy groups -OCH3 is 1. The molecule has 0 fully saturated rings. The predicted molar refractivity (Wildman–Crippen MR) is 72.8 cm³/mol. The minimum Gasteiger partial charge on any atom is -0.495 e. The van der Waals surface area contributed by atoms with Gasteiger partial charge in [0.15, 0.2) is 11.6 Å². The van der Waals surface area contributed by atoms with Gasteiger partial charge in [0, 0.05) is 5.56 Å². The van der Waals surface area contributed by atoms with Crippen molar-refractivity contribution in [2.75, 3.05) is 7.11 Å². The van der Waals surface area contributed by atoms with Crippen LogP contribution in [0.4, 0.5) is 4.39 Å². The Morgan fingerprint density at radius 1 is 1.16 bits per heavy atom. The van der Waals surface area contributed by atoms with Crippen LogP contribution < -0.4 is 4.74 Å². The van der Waals surface area contributed by atoms with Crippen LogP contribution in [0.25, 0.3) is 0 Å². The minimum atomic E-state index is -0.733. The van der Waals surface area contributed by atoms with Gasteiger partial charge in [-0.05, 0) is 30.3 Å². The maximum absolute atomic E-state index is 13.8. The first-order valence-electron chi connectivity index (χ1n) is 5.37. The molecule has 0 saturated carbocycles. The van der Waals surface area contributed by atoms with Gasteiger partial charge in [0.05, 0.1) is 22.7 Å². The second kappa shape index (κ2) is 5.59. The van der Waals surface area contributed by atoms with E-state index in [1.165, 1.54) is 43.5 Å². The molecule has 2 rings (SSSR count). The van der Waals surface area contributed by atoms with Gasteiger partial charge in [-0.2, -0.15) is 0 Å². The molecule has 19 heavy (non-hydrogen) atoms. The minimum absolute atomic E-state index is 0.0862. The van der Waals surface area contributed by atoms with Crippen LogP contribution in [-0.4, -0.2) is 12.9 Å². The van der Waals surface area contributed by atoms with Crippen molar-refractivity contribution in [2.45, 2.75) is 0 Å². The van der Waals surface area contributed by atoms with Gasteiger partial charge in [0.1, 0.15) is 5.75 Å². The van der Waals surface area contributed by atoms with E-state index in [-0.39, 0.29) is 16.1 Å². The Bertz CT molecular complexity index is 641. The van der Waals surface area contributed by atoms with Crippen molar-refractivity contribution in [1.29, 1.82) is 0 Å². The summed E-state index contributed by atoms with van der Waals surface area (Å²) in [4.78, 5) is 12.2. The Balaban J connectivity index is 2.47. The predicted octanol–water partition coefficient (Wildman–Crippen LogP) is 4.37. The summed E-state index contributed by atoms with van der Waals surface area (Å²) >= 11 is 11.5. The molecule has 2 nitrogen and oxygen atoms in total. The first-order chi connectivity index (χ1) is 9.04. The molecular weight excluding hydrogens is 290 g/mol. The van der Waals surface area contributed by atoms with Gasteiger partial charge in [-0.25, -0.2) is 4.39 Å². The highest BCUT2D eigenvalue weighted by Gasteiger charge is 2.17. The van der Waals surface area contributed by atoms with Crippen molar-refractivity contribution in [3.05, 3.63) is 63.4 Å². The van der Waals surface area contributed by atoms with Crippen LogP contribution in [0.5, 0.6) is 5.75 Å². The van der Waals surface area contributed by atoms with Gasteiger partial charge in [-0.15, -0.1) is 0 Å². The molecule has 5 heteroatoms. The van der Waals surface area contributed by atoms with Crippen LogP contribution in [0, 0.1) is 5.82 Å². The Morgan fingerprint density at radius 3 is 2.58 bits per heavy atom. The summed E-state index contributed by atoms with van der Waals surface area (Å²) in [6.07, 6.45) is 0. The van der Waals surface area contributed by atoms with Crippen LogP contribution in [-0.2, 0) is 0 Å². The number of halogens is 3. The average Bonchev–Trinajstić information content (AvgIpc) is 2.41. The van der Waals surface area contributed by atoms with Crippen molar-refractivity contribution in [3.63, 3.8) is 0 Å². The fourth-order valence-corrected chi connectivity index (χ4v) is 2.00. The van der Waals surface area contributed by atoms with Crippen molar-refractivity contribution in [1.82, 2.24) is 0 Å². The van der Waals surface area contributed by atoms with E-state index in [0.717, 1.165) is 0 Å². The fourth-order valence-electron chi connectivity index (χ4n) is 1.64. The third-order valence-electron chi connectivity index (χ3n) is 2.61. The number of rotatable bonds is 3. The van der Waals surface area contributed by atoms with E-state index in [9.17, 15) is 9.18 Å². The number of ketones is 1. The molecule has 0 bridgehead atoms. The summed E-state index contributed by atoms with van der Waals surface area (Å²) in [5.41, 5.74) is 0.194. The summed E-state index contributed by atoms with van der Waals surface area (Å²) in [6.45, 7) is 0. The standard InChI is InChI=1S/C14H9Cl2FO2/c1-19-12-7-8(5-6-10(12)15)14(18)9-3-2-4-11(16)13(9)17/h2-7H,1H3. The number of benzene rings is 2. The molecule has 0 radical (unpaired) electrons. The summed E-state index contributed by atoms with van der Waals surface area (Å²) < 4.78 is 18.8. The van der Waals surface area contributed by atoms with Crippen molar-refractivity contribution in [3.8, 4) is 5.75 Å². The number of hydrogen-bond acceptors (Lipinski definition) is 2. The van der Waals surface area contributed by atoms with Gasteiger partial charge in [-0.1, -0.05) is 29.3 Å². The summed E-state index contributed by atoms with van der Waals surface area (Å²) in [6, 6.07) is 8.78. The van der Waals surface area contributed by atoms with Gasteiger partial charge in [0.25, 0.3) is 0 Å². The summed E-state index contributed by atoms with van der Waals surface area (Å²) in [7, 11) is 1.44. The zero-order valence-corrected chi connectivity index (χ0v) is 11.4. The lowest BCUT2D eigenvalue weighted by Crippen LogP contribution is -2.05. The van der Waals surface area contributed by atoms with E-state index in [2.05, 4.69) is 0 Å². The lowest BCUT2D eigenvalue weighted by molar-refractivity contribution is 0.103. The number of hydrogen-bond donors (Lipinski definition) is 0. The summed E-state index contributed by atoms with van der Waals surface area (Å²) in [5.74, 6) is -0.854. The molecule has 0 saturated heterocycles. The molecule has 0 spiro atoms. The molecule has 98 valence electrons. The lowest BCUT2D eigenvalue weighted by Gasteiger charge is -2.07. The Hall–Kier alpha value is -1.58. The van der Waals surface area contributed by atoms with E-state index >= 15 is 0 Å². The van der Waals surface area contributed by atoms with Gasteiger partial charge < -0.3 is 4.74 Å².